The summed E-state index contributed by atoms with van der Waals surface area (Å²) in [5.74, 6) is -1.78. The van der Waals surface area contributed by atoms with Gasteiger partial charge in [-0.05, 0) is 24.6 Å². The molecule has 2 rings (SSSR count). The van der Waals surface area contributed by atoms with Crippen LogP contribution in [0.5, 0.6) is 0 Å². The molecule has 1 N–H and O–H groups in total. The third-order valence-electron chi connectivity index (χ3n) is 2.98. The van der Waals surface area contributed by atoms with Crippen LogP contribution in [-0.4, -0.2) is 31.1 Å². The summed E-state index contributed by atoms with van der Waals surface area (Å²) in [6, 6.07) is 3.24. The standard InChI is InChI=1S/C14H12ClNO5/c1-6-4-7(15)9-8(5-6)16-11(14(19)21-3)10(12(9)17)13(18)20-2/h4-5H,1-3H3,(H,16,17). The van der Waals surface area contributed by atoms with Gasteiger partial charge in [0.05, 0.1) is 30.1 Å². The lowest BCUT2D eigenvalue weighted by atomic mass is 10.1. The van der Waals surface area contributed by atoms with Gasteiger partial charge < -0.3 is 14.5 Å². The number of rotatable bonds is 2. The summed E-state index contributed by atoms with van der Waals surface area (Å²) in [6.45, 7) is 1.79. The topological polar surface area (TPSA) is 85.5 Å². The Balaban J connectivity index is 2.98. The maximum Gasteiger partial charge on any atom is 0.355 e. The maximum atomic E-state index is 12.5. The molecule has 0 fully saturated rings. The number of methoxy groups -OCH3 is 2. The van der Waals surface area contributed by atoms with Crippen molar-refractivity contribution in [2.75, 3.05) is 14.2 Å². The molecule has 0 aliphatic carbocycles. The number of halogens is 1. The molecule has 0 aliphatic heterocycles. The van der Waals surface area contributed by atoms with E-state index in [9.17, 15) is 14.4 Å². The average Bonchev–Trinajstić information content (AvgIpc) is 2.44. The van der Waals surface area contributed by atoms with E-state index in [-0.39, 0.29) is 16.1 Å². The van der Waals surface area contributed by atoms with Crippen LogP contribution in [-0.2, 0) is 9.47 Å². The lowest BCUT2D eigenvalue weighted by Crippen LogP contribution is -2.24. The number of aromatic nitrogens is 1. The van der Waals surface area contributed by atoms with Crippen molar-refractivity contribution in [2.45, 2.75) is 6.92 Å². The smallest absolute Gasteiger partial charge is 0.355 e. The second-order valence-corrected chi connectivity index (χ2v) is 4.76. The van der Waals surface area contributed by atoms with Crippen LogP contribution in [0.25, 0.3) is 10.9 Å². The Morgan fingerprint density at radius 3 is 2.33 bits per heavy atom. The molecule has 0 spiro atoms. The minimum atomic E-state index is -0.935. The van der Waals surface area contributed by atoms with Gasteiger partial charge in [-0.15, -0.1) is 0 Å². The fourth-order valence-electron chi connectivity index (χ4n) is 2.06. The third kappa shape index (κ3) is 2.50. The Morgan fingerprint density at radius 2 is 1.76 bits per heavy atom. The number of fused-ring (bicyclic) bond motifs is 1. The molecule has 1 aromatic carbocycles. The third-order valence-corrected chi connectivity index (χ3v) is 3.28. The van der Waals surface area contributed by atoms with E-state index in [1.165, 1.54) is 0 Å². The molecule has 1 heterocycles. The monoisotopic (exact) mass is 309 g/mol. The van der Waals surface area contributed by atoms with E-state index >= 15 is 0 Å². The Morgan fingerprint density at radius 1 is 1.14 bits per heavy atom. The number of ether oxygens (including phenoxy) is 2. The average molecular weight is 310 g/mol. The van der Waals surface area contributed by atoms with Gasteiger partial charge >= 0.3 is 11.9 Å². The molecule has 0 atom stereocenters. The van der Waals surface area contributed by atoms with E-state index in [4.69, 9.17) is 11.6 Å². The Kier molecular flexibility index (Phi) is 3.99. The van der Waals surface area contributed by atoms with E-state index in [1.54, 1.807) is 19.1 Å². The fraction of sp³-hybridized carbons (Fsp3) is 0.214. The van der Waals surface area contributed by atoms with E-state index < -0.39 is 22.9 Å². The van der Waals surface area contributed by atoms with Crippen molar-refractivity contribution >= 4 is 34.4 Å². The highest BCUT2D eigenvalue weighted by Gasteiger charge is 2.25. The van der Waals surface area contributed by atoms with Gasteiger partial charge in [-0.2, -0.15) is 0 Å². The zero-order valence-electron chi connectivity index (χ0n) is 11.6. The van der Waals surface area contributed by atoms with Gasteiger partial charge in [0.25, 0.3) is 0 Å². The fourth-order valence-corrected chi connectivity index (χ4v) is 2.42. The molecule has 0 radical (unpaired) electrons. The number of esters is 2. The molecule has 0 aliphatic rings. The van der Waals surface area contributed by atoms with Gasteiger partial charge in [0.15, 0.2) is 0 Å². The van der Waals surface area contributed by atoms with Gasteiger partial charge in [-0.3, -0.25) is 4.79 Å². The van der Waals surface area contributed by atoms with Gasteiger partial charge in [0.2, 0.25) is 5.43 Å². The van der Waals surface area contributed by atoms with Gasteiger partial charge in [-0.25, -0.2) is 9.59 Å². The number of hydrogen-bond donors (Lipinski definition) is 1. The molecular weight excluding hydrogens is 298 g/mol. The molecule has 1 aromatic heterocycles. The predicted octanol–water partition coefficient (Wildman–Crippen LogP) is 2.06. The van der Waals surface area contributed by atoms with Crippen molar-refractivity contribution in [3.8, 4) is 0 Å². The van der Waals surface area contributed by atoms with E-state index in [1.807, 2.05) is 0 Å². The van der Waals surface area contributed by atoms with E-state index in [2.05, 4.69) is 14.5 Å². The Hall–Kier alpha value is -2.34. The highest BCUT2D eigenvalue weighted by molar-refractivity contribution is 6.35. The largest absolute Gasteiger partial charge is 0.465 e. The molecule has 0 saturated carbocycles. The van der Waals surface area contributed by atoms with Crippen molar-refractivity contribution in [1.29, 1.82) is 0 Å². The molecule has 7 heteroatoms. The number of hydrogen-bond acceptors (Lipinski definition) is 5. The van der Waals surface area contributed by atoms with Crippen LogP contribution in [0.4, 0.5) is 0 Å². The number of carbonyl (C=O) groups excluding carboxylic acids is 2. The van der Waals surface area contributed by atoms with Crippen LogP contribution in [0.15, 0.2) is 16.9 Å². The van der Waals surface area contributed by atoms with Crippen LogP contribution in [0.1, 0.15) is 26.4 Å². The second-order valence-electron chi connectivity index (χ2n) is 4.36. The molecule has 6 nitrogen and oxygen atoms in total. The first-order valence-corrected chi connectivity index (χ1v) is 6.31. The number of pyridine rings is 1. The molecular formula is C14H12ClNO5. The molecule has 2 aromatic rings. The molecule has 0 saturated heterocycles. The van der Waals surface area contributed by atoms with Crippen LogP contribution in [0.2, 0.25) is 5.02 Å². The maximum absolute atomic E-state index is 12.5. The van der Waals surface area contributed by atoms with Crippen LogP contribution < -0.4 is 5.43 Å². The number of nitrogens with one attached hydrogen (secondary N) is 1. The first-order valence-electron chi connectivity index (χ1n) is 5.93. The molecule has 0 bridgehead atoms. The second kappa shape index (κ2) is 5.57. The van der Waals surface area contributed by atoms with Crippen molar-refractivity contribution in [3.63, 3.8) is 0 Å². The number of aromatic amines is 1. The molecule has 0 amide bonds. The highest BCUT2D eigenvalue weighted by Crippen LogP contribution is 2.23. The normalized spacial score (nSPS) is 10.5. The quantitative estimate of drug-likeness (QED) is 0.858. The number of carbonyl (C=O) groups is 2. The van der Waals surface area contributed by atoms with Crippen LogP contribution in [0, 0.1) is 6.92 Å². The Bertz CT molecular complexity index is 809. The summed E-state index contributed by atoms with van der Waals surface area (Å²) >= 11 is 6.06. The van der Waals surface area contributed by atoms with E-state index in [0.717, 1.165) is 19.8 Å². The first kappa shape index (κ1) is 15.1. The molecule has 0 unspecified atom stereocenters. The van der Waals surface area contributed by atoms with Crippen molar-refractivity contribution in [2.24, 2.45) is 0 Å². The lowest BCUT2D eigenvalue weighted by molar-refractivity contribution is 0.0549. The zero-order valence-corrected chi connectivity index (χ0v) is 12.3. The Labute approximate surface area is 124 Å². The lowest BCUT2D eigenvalue weighted by Gasteiger charge is -2.10. The van der Waals surface area contributed by atoms with Gasteiger partial charge in [0.1, 0.15) is 11.3 Å². The van der Waals surface area contributed by atoms with Gasteiger partial charge in [0, 0.05) is 0 Å². The van der Waals surface area contributed by atoms with Crippen molar-refractivity contribution in [3.05, 3.63) is 44.2 Å². The van der Waals surface area contributed by atoms with Crippen LogP contribution >= 0.6 is 11.6 Å². The predicted molar refractivity (Wildman–Crippen MR) is 77.0 cm³/mol. The first-order chi connectivity index (χ1) is 9.90. The van der Waals surface area contributed by atoms with Crippen molar-refractivity contribution in [1.82, 2.24) is 4.98 Å². The van der Waals surface area contributed by atoms with Gasteiger partial charge in [-0.1, -0.05) is 11.6 Å². The highest BCUT2D eigenvalue weighted by atomic mass is 35.5. The summed E-state index contributed by atoms with van der Waals surface area (Å²) in [5, 5.41) is 0.308. The van der Waals surface area contributed by atoms with E-state index in [0.29, 0.717) is 5.52 Å². The summed E-state index contributed by atoms with van der Waals surface area (Å²) in [6.07, 6.45) is 0. The van der Waals surface area contributed by atoms with Crippen molar-refractivity contribution < 1.29 is 19.1 Å². The minimum Gasteiger partial charge on any atom is -0.465 e. The summed E-state index contributed by atoms with van der Waals surface area (Å²) in [5.41, 5.74) is -0.227. The molecule has 21 heavy (non-hydrogen) atoms. The van der Waals surface area contributed by atoms with Crippen LogP contribution in [0.3, 0.4) is 0 Å². The number of H-pyrrole nitrogens is 1. The summed E-state index contributed by atoms with van der Waals surface area (Å²) in [4.78, 5) is 38.8. The minimum absolute atomic E-state index is 0.121. The summed E-state index contributed by atoms with van der Waals surface area (Å²) in [7, 11) is 2.26. The number of aryl methyl sites for hydroxylation is 1. The molecule has 110 valence electrons. The summed E-state index contributed by atoms with van der Waals surface area (Å²) < 4.78 is 9.14. The number of benzene rings is 1. The zero-order chi connectivity index (χ0) is 15.7. The SMILES string of the molecule is COC(=O)c1[nH]c2cc(C)cc(Cl)c2c(=O)c1C(=O)OC.